The fourth-order valence-electron chi connectivity index (χ4n) is 2.99. The number of hydrogen-bond donors (Lipinski definition) is 1. The molecule has 2 aromatic rings. The summed E-state index contributed by atoms with van der Waals surface area (Å²) in [7, 11) is 0. The first kappa shape index (κ1) is 16.3. The Labute approximate surface area is 130 Å². The molecule has 0 radical (unpaired) electrons. The van der Waals surface area contributed by atoms with Crippen molar-refractivity contribution in [3.63, 3.8) is 0 Å². The smallest absolute Gasteiger partial charge is 0.134 e. The summed E-state index contributed by atoms with van der Waals surface area (Å²) in [4.78, 5) is 2.36. The molecule has 0 amide bonds. The molecule has 1 saturated heterocycles. The number of piperidine rings is 1. The number of nitrogens with two attached hydrogens (primary N) is 1. The van der Waals surface area contributed by atoms with Crippen molar-refractivity contribution >= 4 is 23.4 Å². The summed E-state index contributed by atoms with van der Waals surface area (Å²) < 4.78 is 19.0. The van der Waals surface area contributed by atoms with Gasteiger partial charge in [-0.05, 0) is 36.1 Å². The summed E-state index contributed by atoms with van der Waals surface area (Å²) >= 11 is 0. The maximum atomic E-state index is 13.2. The van der Waals surface area contributed by atoms with Crippen LogP contribution >= 0.6 is 12.4 Å². The second-order valence-corrected chi connectivity index (χ2v) is 6.49. The van der Waals surface area contributed by atoms with Crippen LogP contribution in [0.4, 0.5) is 4.39 Å². The van der Waals surface area contributed by atoms with Crippen molar-refractivity contribution in [2.24, 2.45) is 11.1 Å². The summed E-state index contributed by atoms with van der Waals surface area (Å²) in [6.07, 6.45) is 1.00. The Kier molecular flexibility index (Phi) is 4.61. The van der Waals surface area contributed by atoms with Gasteiger partial charge in [-0.15, -0.1) is 12.4 Å². The minimum Gasteiger partial charge on any atom is -0.460 e. The molecule has 21 heavy (non-hydrogen) atoms. The monoisotopic (exact) mass is 312 g/mol. The molecule has 0 spiro atoms. The average Bonchev–Trinajstić information content (AvgIpc) is 2.75. The summed E-state index contributed by atoms with van der Waals surface area (Å²) in [5.74, 6) is 0.659. The van der Waals surface area contributed by atoms with Crippen LogP contribution in [0.2, 0.25) is 0 Å². The molecule has 0 bridgehead atoms. The molecule has 116 valence electrons. The lowest BCUT2D eigenvalue weighted by Crippen LogP contribution is -2.51. The first-order valence-electron chi connectivity index (χ1n) is 7.10. The van der Waals surface area contributed by atoms with Gasteiger partial charge in [-0.25, -0.2) is 4.39 Å². The molecule has 3 rings (SSSR count). The van der Waals surface area contributed by atoms with E-state index in [9.17, 15) is 4.39 Å². The second kappa shape index (κ2) is 5.95. The van der Waals surface area contributed by atoms with Crippen LogP contribution in [0, 0.1) is 11.2 Å². The molecule has 0 saturated carbocycles. The van der Waals surface area contributed by atoms with E-state index in [1.165, 1.54) is 12.1 Å². The van der Waals surface area contributed by atoms with E-state index in [0.717, 1.165) is 42.8 Å². The lowest BCUT2D eigenvalue weighted by Gasteiger charge is -2.42. The van der Waals surface area contributed by atoms with E-state index in [-0.39, 0.29) is 29.7 Å². The normalized spacial score (nSPS) is 22.2. The minimum atomic E-state index is -0.227. The minimum absolute atomic E-state index is 0. The van der Waals surface area contributed by atoms with Gasteiger partial charge in [0.2, 0.25) is 0 Å². The van der Waals surface area contributed by atoms with E-state index < -0.39 is 0 Å². The van der Waals surface area contributed by atoms with Gasteiger partial charge in [0, 0.05) is 24.5 Å². The highest BCUT2D eigenvalue weighted by Gasteiger charge is 2.33. The van der Waals surface area contributed by atoms with Gasteiger partial charge < -0.3 is 10.2 Å². The highest BCUT2D eigenvalue weighted by Crippen LogP contribution is 2.29. The Morgan fingerprint density at radius 1 is 1.38 bits per heavy atom. The Hall–Kier alpha value is -1.10. The van der Waals surface area contributed by atoms with E-state index in [0.29, 0.717) is 0 Å². The number of benzene rings is 1. The summed E-state index contributed by atoms with van der Waals surface area (Å²) in [6.45, 7) is 7.11. The molecule has 2 N–H and O–H groups in total. The van der Waals surface area contributed by atoms with Gasteiger partial charge in [0.05, 0.1) is 6.54 Å². The molecule has 1 aliphatic heterocycles. The molecule has 5 heteroatoms. The first-order valence-corrected chi connectivity index (χ1v) is 7.10. The number of likely N-dealkylation sites (tertiary alicyclic amines) is 1. The van der Waals surface area contributed by atoms with Gasteiger partial charge in [-0.1, -0.05) is 13.8 Å². The highest BCUT2D eigenvalue weighted by molar-refractivity contribution is 5.85. The van der Waals surface area contributed by atoms with Gasteiger partial charge in [-0.3, -0.25) is 4.90 Å². The zero-order valence-corrected chi connectivity index (χ0v) is 13.3. The molecule has 1 aromatic heterocycles. The molecule has 0 aliphatic carbocycles. The van der Waals surface area contributed by atoms with Crippen molar-refractivity contribution in [2.45, 2.75) is 32.9 Å². The topological polar surface area (TPSA) is 42.4 Å². The van der Waals surface area contributed by atoms with Crippen LogP contribution in [0.5, 0.6) is 0 Å². The number of fused-ring (bicyclic) bond motifs is 1. The van der Waals surface area contributed by atoms with E-state index in [4.69, 9.17) is 10.2 Å². The highest BCUT2D eigenvalue weighted by atomic mass is 35.5. The van der Waals surface area contributed by atoms with Crippen molar-refractivity contribution in [3.8, 4) is 0 Å². The zero-order valence-electron chi connectivity index (χ0n) is 12.4. The maximum Gasteiger partial charge on any atom is 0.134 e. The molecule has 1 aromatic carbocycles. The van der Waals surface area contributed by atoms with Crippen LogP contribution in [0.3, 0.4) is 0 Å². The average molecular weight is 313 g/mol. The third-order valence-electron chi connectivity index (χ3n) is 4.30. The van der Waals surface area contributed by atoms with E-state index in [1.54, 1.807) is 6.07 Å². The molecule has 1 unspecified atom stereocenters. The lowest BCUT2D eigenvalue weighted by molar-refractivity contribution is 0.0849. The second-order valence-electron chi connectivity index (χ2n) is 6.49. The summed E-state index contributed by atoms with van der Waals surface area (Å²) in [5.41, 5.74) is 7.02. The van der Waals surface area contributed by atoms with Crippen LogP contribution < -0.4 is 5.73 Å². The molecule has 1 fully saturated rings. The molecular formula is C16H22ClFN2O. The predicted molar refractivity (Wildman–Crippen MR) is 85.1 cm³/mol. The van der Waals surface area contributed by atoms with Crippen LogP contribution in [0.15, 0.2) is 28.7 Å². The Bertz CT molecular complexity index is 626. The van der Waals surface area contributed by atoms with E-state index in [2.05, 4.69) is 18.7 Å². The zero-order chi connectivity index (χ0) is 14.3. The summed E-state index contributed by atoms with van der Waals surface area (Å²) in [6, 6.07) is 6.81. The molecule has 1 aliphatic rings. The Balaban J connectivity index is 0.00000161. The van der Waals surface area contributed by atoms with E-state index in [1.807, 2.05) is 6.07 Å². The van der Waals surface area contributed by atoms with Crippen molar-refractivity contribution in [1.82, 2.24) is 4.90 Å². The van der Waals surface area contributed by atoms with Crippen LogP contribution in [0.1, 0.15) is 26.0 Å². The van der Waals surface area contributed by atoms with Crippen LogP contribution in [0.25, 0.3) is 11.0 Å². The number of halogens is 2. The van der Waals surface area contributed by atoms with Crippen molar-refractivity contribution < 1.29 is 8.81 Å². The van der Waals surface area contributed by atoms with Crippen molar-refractivity contribution in [1.29, 1.82) is 0 Å². The SMILES string of the molecule is CC1(C)CN(Cc2cc3cc(F)ccc3o2)CCC1N.Cl. The Morgan fingerprint density at radius 3 is 2.86 bits per heavy atom. The van der Waals surface area contributed by atoms with Gasteiger partial charge in [0.1, 0.15) is 17.2 Å². The number of furan rings is 1. The summed E-state index contributed by atoms with van der Waals surface area (Å²) in [5, 5.41) is 0.827. The fraction of sp³-hybridized carbons (Fsp3) is 0.500. The predicted octanol–water partition coefficient (Wildman–Crippen LogP) is 3.55. The van der Waals surface area contributed by atoms with Gasteiger partial charge >= 0.3 is 0 Å². The molecule has 1 atom stereocenters. The maximum absolute atomic E-state index is 13.2. The molecular weight excluding hydrogens is 291 g/mol. The van der Waals surface area contributed by atoms with Crippen molar-refractivity contribution in [3.05, 3.63) is 35.8 Å². The fourth-order valence-corrected chi connectivity index (χ4v) is 2.99. The lowest BCUT2D eigenvalue weighted by atomic mass is 9.80. The largest absolute Gasteiger partial charge is 0.460 e. The number of rotatable bonds is 2. The van der Waals surface area contributed by atoms with Gasteiger partial charge in [0.15, 0.2) is 0 Å². The van der Waals surface area contributed by atoms with Crippen LogP contribution in [-0.2, 0) is 6.54 Å². The standard InChI is InChI=1S/C16H21FN2O.ClH/c1-16(2)10-19(6-5-15(16)18)9-13-8-11-7-12(17)3-4-14(11)20-13;/h3-4,7-8,15H,5-6,9-10,18H2,1-2H3;1H. The van der Waals surface area contributed by atoms with Crippen molar-refractivity contribution in [2.75, 3.05) is 13.1 Å². The van der Waals surface area contributed by atoms with Crippen LogP contribution in [-0.4, -0.2) is 24.0 Å². The third kappa shape index (κ3) is 3.39. The van der Waals surface area contributed by atoms with E-state index >= 15 is 0 Å². The third-order valence-corrected chi connectivity index (χ3v) is 4.30. The molecule has 2 heterocycles. The molecule has 3 nitrogen and oxygen atoms in total. The number of hydrogen-bond acceptors (Lipinski definition) is 3. The van der Waals surface area contributed by atoms with Gasteiger partial charge in [0.25, 0.3) is 0 Å². The first-order chi connectivity index (χ1) is 9.44. The Morgan fingerprint density at radius 2 is 2.14 bits per heavy atom. The van der Waals surface area contributed by atoms with Gasteiger partial charge in [-0.2, -0.15) is 0 Å². The number of nitrogens with zero attached hydrogens (tertiary/aromatic N) is 1. The quantitative estimate of drug-likeness (QED) is 0.922.